The number of aromatic nitrogens is 3. The number of amides is 1. The Bertz CT molecular complexity index is 964. The first-order valence-electron chi connectivity index (χ1n) is 9.16. The van der Waals surface area contributed by atoms with Crippen molar-refractivity contribution in [3.05, 3.63) is 58.6 Å². The monoisotopic (exact) mass is 397 g/mol. The summed E-state index contributed by atoms with van der Waals surface area (Å²) < 4.78 is 7.59. The maximum absolute atomic E-state index is 11.2. The minimum Gasteiger partial charge on any atom is -0.382 e. The van der Waals surface area contributed by atoms with Gasteiger partial charge in [0.05, 0.1) is 17.6 Å². The van der Waals surface area contributed by atoms with Gasteiger partial charge in [-0.2, -0.15) is 0 Å². The van der Waals surface area contributed by atoms with E-state index in [1.165, 1.54) is 0 Å². The van der Waals surface area contributed by atoms with Crippen LogP contribution in [-0.4, -0.2) is 33.7 Å². The van der Waals surface area contributed by atoms with Crippen molar-refractivity contribution in [3.63, 3.8) is 0 Å². The third-order valence-electron chi connectivity index (χ3n) is 4.12. The highest BCUT2D eigenvalue weighted by Gasteiger charge is 2.09. The van der Waals surface area contributed by atoms with Gasteiger partial charge in [-0.15, -0.1) is 11.3 Å². The normalized spacial score (nSPS) is 11.7. The SMILES string of the molecule is CCOCCCCn1c(-c2cnccn2)csc1=Nc1ccc(C(N)=O)cc1. The molecular weight excluding hydrogens is 374 g/mol. The summed E-state index contributed by atoms with van der Waals surface area (Å²) in [6, 6.07) is 6.96. The number of nitrogens with two attached hydrogens (primary N) is 1. The molecule has 2 N–H and O–H groups in total. The summed E-state index contributed by atoms with van der Waals surface area (Å²) in [6.45, 7) is 4.29. The van der Waals surface area contributed by atoms with E-state index >= 15 is 0 Å². The molecule has 1 amide bonds. The van der Waals surface area contributed by atoms with E-state index in [1.807, 2.05) is 12.3 Å². The van der Waals surface area contributed by atoms with Crippen LogP contribution < -0.4 is 10.5 Å². The molecule has 0 unspecified atom stereocenters. The maximum Gasteiger partial charge on any atom is 0.248 e. The number of hydrogen-bond acceptors (Lipinski definition) is 6. The predicted molar refractivity (Wildman–Crippen MR) is 109 cm³/mol. The van der Waals surface area contributed by atoms with Gasteiger partial charge in [-0.3, -0.25) is 14.8 Å². The number of thiazole rings is 1. The van der Waals surface area contributed by atoms with E-state index in [1.54, 1.807) is 54.2 Å². The molecular formula is C20H23N5O2S. The highest BCUT2D eigenvalue weighted by Crippen LogP contribution is 2.19. The number of carbonyl (C=O) groups excluding carboxylic acids is 1. The van der Waals surface area contributed by atoms with Crippen molar-refractivity contribution in [3.8, 4) is 11.4 Å². The summed E-state index contributed by atoms with van der Waals surface area (Å²) in [5.41, 5.74) is 8.34. The molecule has 0 saturated heterocycles. The first-order chi connectivity index (χ1) is 13.7. The quantitative estimate of drug-likeness (QED) is 0.561. The van der Waals surface area contributed by atoms with Gasteiger partial charge in [0.25, 0.3) is 0 Å². The van der Waals surface area contributed by atoms with Crippen molar-refractivity contribution in [1.29, 1.82) is 0 Å². The number of rotatable bonds is 9. The highest BCUT2D eigenvalue weighted by atomic mass is 32.1. The van der Waals surface area contributed by atoms with E-state index in [4.69, 9.17) is 15.5 Å². The van der Waals surface area contributed by atoms with Crippen molar-refractivity contribution in [1.82, 2.24) is 14.5 Å². The lowest BCUT2D eigenvalue weighted by Crippen LogP contribution is -2.16. The zero-order chi connectivity index (χ0) is 19.8. The molecule has 0 aliphatic carbocycles. The molecule has 0 aliphatic rings. The number of ether oxygens (including phenoxy) is 1. The minimum absolute atomic E-state index is 0.447. The second-order valence-corrected chi connectivity index (χ2v) is 6.91. The second kappa shape index (κ2) is 9.91. The summed E-state index contributed by atoms with van der Waals surface area (Å²) in [6.07, 6.45) is 7.05. The van der Waals surface area contributed by atoms with E-state index in [-0.39, 0.29) is 0 Å². The van der Waals surface area contributed by atoms with Crippen LogP contribution in [0.2, 0.25) is 0 Å². The number of unbranched alkanes of at least 4 members (excludes halogenated alkanes) is 1. The molecule has 146 valence electrons. The molecule has 0 saturated carbocycles. The molecule has 0 radical (unpaired) electrons. The third-order valence-corrected chi connectivity index (χ3v) is 4.99. The van der Waals surface area contributed by atoms with Crippen LogP contribution in [0.15, 0.2) is 53.2 Å². The molecule has 0 bridgehead atoms. The molecule has 3 rings (SSSR count). The number of hydrogen-bond donors (Lipinski definition) is 1. The molecule has 7 nitrogen and oxygen atoms in total. The predicted octanol–water partition coefficient (Wildman–Crippen LogP) is 3.15. The molecule has 0 spiro atoms. The Hall–Kier alpha value is -2.84. The number of benzene rings is 1. The lowest BCUT2D eigenvalue weighted by Gasteiger charge is -2.08. The molecule has 3 aromatic rings. The largest absolute Gasteiger partial charge is 0.382 e. The van der Waals surface area contributed by atoms with Crippen molar-refractivity contribution < 1.29 is 9.53 Å². The second-order valence-electron chi connectivity index (χ2n) is 6.07. The Labute approximate surface area is 167 Å². The Kier molecular flexibility index (Phi) is 7.05. The Morgan fingerprint density at radius 3 is 2.75 bits per heavy atom. The van der Waals surface area contributed by atoms with Gasteiger partial charge in [-0.05, 0) is 44.0 Å². The van der Waals surface area contributed by atoms with E-state index in [9.17, 15) is 4.79 Å². The Morgan fingerprint density at radius 2 is 2.07 bits per heavy atom. The molecule has 0 atom stereocenters. The van der Waals surface area contributed by atoms with Crippen LogP contribution in [0.25, 0.3) is 11.4 Å². The summed E-state index contributed by atoms with van der Waals surface area (Å²) >= 11 is 1.55. The third kappa shape index (κ3) is 5.11. The van der Waals surface area contributed by atoms with Gasteiger partial charge in [-0.25, -0.2) is 4.99 Å². The average molecular weight is 398 g/mol. The van der Waals surface area contributed by atoms with E-state index in [2.05, 4.69) is 14.5 Å². The van der Waals surface area contributed by atoms with Crippen LogP contribution in [0.1, 0.15) is 30.1 Å². The number of carbonyl (C=O) groups is 1. The Balaban J connectivity index is 1.91. The van der Waals surface area contributed by atoms with Gasteiger partial charge >= 0.3 is 0 Å². The number of nitrogens with zero attached hydrogens (tertiary/aromatic N) is 4. The minimum atomic E-state index is -0.447. The van der Waals surface area contributed by atoms with Crippen LogP contribution in [0, 0.1) is 0 Å². The molecule has 2 heterocycles. The molecule has 28 heavy (non-hydrogen) atoms. The first kappa shape index (κ1) is 19.9. The maximum atomic E-state index is 11.2. The summed E-state index contributed by atoms with van der Waals surface area (Å²) in [5, 5.41) is 2.04. The van der Waals surface area contributed by atoms with Gasteiger partial charge in [0, 0.05) is 43.1 Å². The topological polar surface area (TPSA) is 95.4 Å². The fraction of sp³-hybridized carbons (Fsp3) is 0.300. The van der Waals surface area contributed by atoms with Crippen molar-refractivity contribution in [2.45, 2.75) is 26.3 Å². The summed E-state index contributed by atoms with van der Waals surface area (Å²) in [4.78, 5) is 25.5. The zero-order valence-corrected chi connectivity index (χ0v) is 16.6. The van der Waals surface area contributed by atoms with E-state index in [0.717, 1.165) is 54.5 Å². The average Bonchev–Trinajstić information content (AvgIpc) is 3.11. The fourth-order valence-electron chi connectivity index (χ4n) is 2.70. The van der Waals surface area contributed by atoms with Crippen molar-refractivity contribution in [2.75, 3.05) is 13.2 Å². The van der Waals surface area contributed by atoms with Gasteiger partial charge in [0.15, 0.2) is 4.80 Å². The molecule has 0 fully saturated rings. The lowest BCUT2D eigenvalue weighted by atomic mass is 10.2. The highest BCUT2D eigenvalue weighted by molar-refractivity contribution is 7.07. The van der Waals surface area contributed by atoms with Crippen LogP contribution >= 0.6 is 11.3 Å². The van der Waals surface area contributed by atoms with Gasteiger partial charge in [-0.1, -0.05) is 0 Å². The standard InChI is InChI=1S/C20H23N5O2S/c1-2-27-12-4-3-11-25-18(17-13-22-9-10-23-17)14-28-20(25)24-16-7-5-15(6-8-16)19(21)26/h5-10,13-14H,2-4,11-12H2,1H3,(H2,21,26). The van der Waals surface area contributed by atoms with Crippen LogP contribution in [0.3, 0.4) is 0 Å². The molecule has 0 aliphatic heterocycles. The Morgan fingerprint density at radius 1 is 1.25 bits per heavy atom. The molecule has 8 heteroatoms. The zero-order valence-electron chi connectivity index (χ0n) is 15.7. The number of primary amides is 1. The fourth-order valence-corrected chi connectivity index (χ4v) is 3.64. The van der Waals surface area contributed by atoms with Crippen molar-refractivity contribution in [2.24, 2.45) is 10.7 Å². The smallest absolute Gasteiger partial charge is 0.248 e. The van der Waals surface area contributed by atoms with E-state index < -0.39 is 5.91 Å². The van der Waals surface area contributed by atoms with Crippen LogP contribution in [-0.2, 0) is 11.3 Å². The van der Waals surface area contributed by atoms with Gasteiger partial charge in [0.2, 0.25) is 5.91 Å². The van der Waals surface area contributed by atoms with Gasteiger partial charge in [0.1, 0.15) is 5.69 Å². The summed E-state index contributed by atoms with van der Waals surface area (Å²) in [7, 11) is 0. The van der Waals surface area contributed by atoms with E-state index in [0.29, 0.717) is 5.56 Å². The summed E-state index contributed by atoms with van der Waals surface area (Å²) in [5.74, 6) is -0.447. The van der Waals surface area contributed by atoms with Crippen molar-refractivity contribution >= 4 is 22.9 Å². The molecule has 1 aromatic carbocycles. The van der Waals surface area contributed by atoms with Crippen LogP contribution in [0.5, 0.6) is 0 Å². The first-order valence-corrected chi connectivity index (χ1v) is 10.0. The lowest BCUT2D eigenvalue weighted by molar-refractivity contribution is 0.100. The van der Waals surface area contributed by atoms with Gasteiger partial charge < -0.3 is 15.0 Å². The van der Waals surface area contributed by atoms with Crippen LogP contribution in [0.4, 0.5) is 5.69 Å². The molecule has 2 aromatic heterocycles.